The molecule has 3 aromatic rings. The van der Waals surface area contributed by atoms with E-state index in [-0.39, 0.29) is 5.91 Å². The lowest BCUT2D eigenvalue weighted by atomic mass is 10.1. The number of benzene rings is 2. The first-order chi connectivity index (χ1) is 12.3. The van der Waals surface area contributed by atoms with Crippen LogP contribution >= 0.6 is 11.3 Å². The van der Waals surface area contributed by atoms with Crippen LogP contribution < -0.4 is 4.74 Å². The van der Waals surface area contributed by atoms with E-state index in [0.29, 0.717) is 13.0 Å². The fourth-order valence-electron chi connectivity index (χ4n) is 3.35. The van der Waals surface area contributed by atoms with Crippen LogP contribution in [0.3, 0.4) is 0 Å². The third kappa shape index (κ3) is 3.54. The summed E-state index contributed by atoms with van der Waals surface area (Å²) in [6, 6.07) is 16.4. The number of hydrogen-bond donors (Lipinski definition) is 0. The molecule has 2 heterocycles. The van der Waals surface area contributed by atoms with Gasteiger partial charge in [0, 0.05) is 29.8 Å². The van der Waals surface area contributed by atoms with Crippen molar-refractivity contribution in [1.82, 2.24) is 4.90 Å². The molecule has 0 atom stereocenters. The van der Waals surface area contributed by atoms with Crippen molar-refractivity contribution < 1.29 is 9.53 Å². The molecule has 0 unspecified atom stereocenters. The van der Waals surface area contributed by atoms with Crippen molar-refractivity contribution in [3.8, 4) is 5.75 Å². The molecule has 1 amide bonds. The zero-order chi connectivity index (χ0) is 17.1. The molecule has 0 radical (unpaired) electrons. The van der Waals surface area contributed by atoms with E-state index in [9.17, 15) is 4.79 Å². The first-order valence-electron chi connectivity index (χ1n) is 8.75. The number of ether oxygens (including phenoxy) is 1. The van der Waals surface area contributed by atoms with Crippen LogP contribution in [0.25, 0.3) is 10.8 Å². The third-order valence-electron chi connectivity index (χ3n) is 4.70. The van der Waals surface area contributed by atoms with Crippen molar-refractivity contribution >= 4 is 28.0 Å². The summed E-state index contributed by atoms with van der Waals surface area (Å²) in [4.78, 5) is 15.8. The van der Waals surface area contributed by atoms with Crippen LogP contribution in [-0.2, 0) is 17.8 Å². The maximum Gasteiger partial charge on any atom is 0.223 e. The lowest BCUT2D eigenvalue weighted by Crippen LogP contribution is -2.35. The molecule has 4 rings (SSSR count). The minimum Gasteiger partial charge on any atom is -0.493 e. The van der Waals surface area contributed by atoms with Crippen molar-refractivity contribution in [1.29, 1.82) is 0 Å². The molecular formula is C21H21NO2S. The number of fused-ring (bicyclic) bond motifs is 2. The summed E-state index contributed by atoms with van der Waals surface area (Å²) in [5.41, 5.74) is 1.32. The number of carbonyl (C=O) groups is 1. The van der Waals surface area contributed by atoms with Gasteiger partial charge in [0.25, 0.3) is 0 Å². The molecule has 25 heavy (non-hydrogen) atoms. The van der Waals surface area contributed by atoms with Crippen LogP contribution in [0.15, 0.2) is 53.9 Å². The number of nitrogens with zero attached hydrogens (tertiary/aromatic N) is 1. The predicted molar refractivity (Wildman–Crippen MR) is 102 cm³/mol. The lowest BCUT2D eigenvalue weighted by Gasteiger charge is -2.27. The van der Waals surface area contributed by atoms with Crippen LogP contribution in [0, 0.1) is 0 Å². The van der Waals surface area contributed by atoms with Crippen molar-refractivity contribution in [3.63, 3.8) is 0 Å². The van der Waals surface area contributed by atoms with Gasteiger partial charge in [0.15, 0.2) is 0 Å². The summed E-state index contributed by atoms with van der Waals surface area (Å²) in [6.45, 7) is 2.18. The fraction of sp³-hybridized carbons (Fsp3) is 0.286. The van der Waals surface area contributed by atoms with Crippen LogP contribution in [-0.4, -0.2) is 24.0 Å². The first kappa shape index (κ1) is 16.2. The maximum absolute atomic E-state index is 12.4. The van der Waals surface area contributed by atoms with E-state index in [1.165, 1.54) is 15.8 Å². The van der Waals surface area contributed by atoms with Gasteiger partial charge in [0.05, 0.1) is 6.61 Å². The number of rotatable bonds is 5. The highest BCUT2D eigenvalue weighted by Crippen LogP contribution is 2.26. The Morgan fingerprint density at radius 1 is 1.12 bits per heavy atom. The molecule has 0 bridgehead atoms. The van der Waals surface area contributed by atoms with E-state index >= 15 is 0 Å². The van der Waals surface area contributed by atoms with Crippen molar-refractivity contribution in [2.24, 2.45) is 0 Å². The monoisotopic (exact) mass is 351 g/mol. The number of amides is 1. The van der Waals surface area contributed by atoms with Gasteiger partial charge in [0.2, 0.25) is 5.91 Å². The van der Waals surface area contributed by atoms with E-state index in [4.69, 9.17) is 4.74 Å². The molecule has 0 spiro atoms. The molecule has 4 heteroatoms. The molecule has 3 nitrogen and oxygen atoms in total. The Hall–Kier alpha value is -2.33. The summed E-state index contributed by atoms with van der Waals surface area (Å²) in [7, 11) is 0. The summed E-state index contributed by atoms with van der Waals surface area (Å²) in [5, 5.41) is 4.42. The van der Waals surface area contributed by atoms with Gasteiger partial charge < -0.3 is 9.64 Å². The molecule has 0 aliphatic carbocycles. The molecule has 0 fully saturated rings. The zero-order valence-corrected chi connectivity index (χ0v) is 14.9. The minimum atomic E-state index is 0.235. The highest BCUT2D eigenvalue weighted by Gasteiger charge is 2.20. The van der Waals surface area contributed by atoms with Gasteiger partial charge >= 0.3 is 0 Å². The lowest BCUT2D eigenvalue weighted by molar-refractivity contribution is -0.132. The Kier molecular flexibility index (Phi) is 4.70. The summed E-state index contributed by atoms with van der Waals surface area (Å²) in [5.74, 6) is 1.13. The SMILES string of the molecule is O=C(CCCOc1cccc2ccccc12)N1CCc2sccc2C1. The fourth-order valence-corrected chi connectivity index (χ4v) is 4.24. The number of carbonyl (C=O) groups excluding carboxylic acids is 1. The Morgan fingerprint density at radius 3 is 2.96 bits per heavy atom. The molecule has 0 saturated heterocycles. The van der Waals surface area contributed by atoms with Gasteiger partial charge in [0.1, 0.15) is 5.75 Å². The maximum atomic E-state index is 12.4. The normalized spacial score (nSPS) is 13.7. The summed E-state index contributed by atoms with van der Waals surface area (Å²) < 4.78 is 5.93. The summed E-state index contributed by atoms with van der Waals surface area (Å²) in [6.07, 6.45) is 2.28. The molecule has 0 saturated carbocycles. The van der Waals surface area contributed by atoms with Gasteiger partial charge in [-0.05, 0) is 41.3 Å². The molecule has 1 aromatic heterocycles. The summed E-state index contributed by atoms with van der Waals surface area (Å²) >= 11 is 1.80. The van der Waals surface area contributed by atoms with Crippen LogP contribution in [0.1, 0.15) is 23.3 Å². The highest BCUT2D eigenvalue weighted by atomic mass is 32.1. The van der Waals surface area contributed by atoms with Crippen LogP contribution in [0.4, 0.5) is 0 Å². The third-order valence-corrected chi connectivity index (χ3v) is 5.73. The van der Waals surface area contributed by atoms with E-state index < -0.39 is 0 Å². The second-order valence-electron chi connectivity index (χ2n) is 6.36. The smallest absolute Gasteiger partial charge is 0.223 e. The molecule has 0 N–H and O–H groups in total. The highest BCUT2D eigenvalue weighted by molar-refractivity contribution is 7.10. The van der Waals surface area contributed by atoms with Crippen molar-refractivity contribution in [2.45, 2.75) is 25.8 Å². The largest absolute Gasteiger partial charge is 0.493 e. The van der Waals surface area contributed by atoms with Crippen LogP contribution in [0.5, 0.6) is 5.75 Å². The molecule has 1 aliphatic heterocycles. The van der Waals surface area contributed by atoms with Crippen LogP contribution in [0.2, 0.25) is 0 Å². The van der Waals surface area contributed by atoms with E-state index in [1.807, 2.05) is 29.2 Å². The van der Waals surface area contributed by atoms with E-state index in [0.717, 1.165) is 37.1 Å². The Bertz CT molecular complexity index is 881. The minimum absolute atomic E-state index is 0.235. The van der Waals surface area contributed by atoms with Crippen molar-refractivity contribution in [3.05, 3.63) is 64.4 Å². The average Bonchev–Trinajstić information content (AvgIpc) is 3.13. The van der Waals surface area contributed by atoms with Gasteiger partial charge in [-0.2, -0.15) is 0 Å². The molecule has 128 valence electrons. The standard InChI is InChI=1S/C21H21NO2S/c23-21(22-12-10-20-17(15-22)11-14-25-20)9-4-13-24-19-8-3-6-16-5-1-2-7-18(16)19/h1-3,5-8,11,14H,4,9-10,12-13,15H2. The quantitative estimate of drug-likeness (QED) is 0.627. The van der Waals surface area contributed by atoms with Gasteiger partial charge in [-0.15, -0.1) is 11.3 Å². The Morgan fingerprint density at radius 2 is 2.00 bits per heavy atom. The Balaban J connectivity index is 1.29. The predicted octanol–water partition coefficient (Wildman–Crippen LogP) is 4.65. The van der Waals surface area contributed by atoms with E-state index in [1.54, 1.807) is 11.3 Å². The second kappa shape index (κ2) is 7.28. The first-order valence-corrected chi connectivity index (χ1v) is 9.63. The van der Waals surface area contributed by atoms with Gasteiger partial charge in [-0.1, -0.05) is 36.4 Å². The molecular weight excluding hydrogens is 330 g/mol. The molecule has 2 aromatic carbocycles. The topological polar surface area (TPSA) is 29.5 Å². The number of thiophene rings is 1. The second-order valence-corrected chi connectivity index (χ2v) is 7.36. The van der Waals surface area contributed by atoms with Gasteiger partial charge in [-0.3, -0.25) is 4.79 Å². The van der Waals surface area contributed by atoms with Crippen molar-refractivity contribution in [2.75, 3.05) is 13.2 Å². The average molecular weight is 351 g/mol. The molecule has 1 aliphatic rings. The van der Waals surface area contributed by atoms with Gasteiger partial charge in [-0.25, -0.2) is 0 Å². The van der Waals surface area contributed by atoms with E-state index in [2.05, 4.69) is 29.6 Å². The number of hydrogen-bond acceptors (Lipinski definition) is 3. The zero-order valence-electron chi connectivity index (χ0n) is 14.1. The Labute approximate surface area is 151 Å².